The van der Waals surface area contributed by atoms with Crippen LogP contribution in [0.3, 0.4) is 0 Å². The first kappa shape index (κ1) is 18.0. The highest BCUT2D eigenvalue weighted by Gasteiger charge is 2.14. The number of ether oxygens (including phenoxy) is 1. The number of nitrogens with zero attached hydrogens (tertiary/aromatic N) is 1. The highest BCUT2D eigenvalue weighted by Crippen LogP contribution is 2.18. The lowest BCUT2D eigenvalue weighted by molar-refractivity contribution is 0.221. The standard InChI is InChI=1S/C18H32N2O/c1-5-15(6-2)13-20(7-3)14-18(19)16-9-11-17(12-10-16)21-8-4/h9-12,15,18H,5-8,13-14,19H2,1-4H3. The summed E-state index contributed by atoms with van der Waals surface area (Å²) in [5.41, 5.74) is 7.55. The first-order valence-electron chi connectivity index (χ1n) is 8.35. The van der Waals surface area contributed by atoms with Gasteiger partial charge >= 0.3 is 0 Å². The third-order valence-electron chi connectivity index (χ3n) is 4.19. The van der Waals surface area contributed by atoms with Gasteiger partial charge in [-0.1, -0.05) is 45.7 Å². The van der Waals surface area contributed by atoms with Crippen molar-refractivity contribution in [2.75, 3.05) is 26.2 Å². The lowest BCUT2D eigenvalue weighted by atomic mass is 10.0. The molecule has 21 heavy (non-hydrogen) atoms. The van der Waals surface area contributed by atoms with E-state index < -0.39 is 0 Å². The topological polar surface area (TPSA) is 38.5 Å². The molecule has 0 radical (unpaired) electrons. The Balaban J connectivity index is 2.58. The second kappa shape index (κ2) is 9.80. The van der Waals surface area contributed by atoms with Gasteiger partial charge in [-0.2, -0.15) is 0 Å². The van der Waals surface area contributed by atoms with Gasteiger partial charge in [0.25, 0.3) is 0 Å². The number of nitrogens with two attached hydrogens (primary N) is 1. The highest BCUT2D eigenvalue weighted by atomic mass is 16.5. The van der Waals surface area contributed by atoms with Gasteiger partial charge in [-0.15, -0.1) is 0 Å². The van der Waals surface area contributed by atoms with Crippen LogP contribution in [0.15, 0.2) is 24.3 Å². The van der Waals surface area contributed by atoms with Crippen LogP contribution in [0, 0.1) is 5.92 Å². The Morgan fingerprint density at radius 1 is 1.00 bits per heavy atom. The molecule has 0 saturated heterocycles. The number of benzene rings is 1. The first-order chi connectivity index (χ1) is 10.1. The molecule has 1 unspecified atom stereocenters. The largest absolute Gasteiger partial charge is 0.494 e. The summed E-state index contributed by atoms with van der Waals surface area (Å²) in [6, 6.07) is 8.25. The molecule has 0 amide bonds. The minimum atomic E-state index is 0.0648. The van der Waals surface area contributed by atoms with Crippen LogP contribution < -0.4 is 10.5 Å². The fraction of sp³-hybridized carbons (Fsp3) is 0.667. The van der Waals surface area contributed by atoms with Gasteiger partial charge < -0.3 is 15.4 Å². The van der Waals surface area contributed by atoms with Crippen LogP contribution in [-0.2, 0) is 0 Å². The highest BCUT2D eigenvalue weighted by molar-refractivity contribution is 5.29. The summed E-state index contributed by atoms with van der Waals surface area (Å²) in [4.78, 5) is 2.47. The summed E-state index contributed by atoms with van der Waals surface area (Å²) >= 11 is 0. The lowest BCUT2D eigenvalue weighted by Gasteiger charge is -2.28. The Morgan fingerprint density at radius 3 is 2.10 bits per heavy atom. The molecule has 0 saturated carbocycles. The van der Waals surface area contributed by atoms with Crippen molar-refractivity contribution in [2.45, 2.75) is 46.6 Å². The average Bonchev–Trinajstić information content (AvgIpc) is 2.52. The van der Waals surface area contributed by atoms with Crippen molar-refractivity contribution in [1.29, 1.82) is 0 Å². The van der Waals surface area contributed by atoms with Crippen molar-refractivity contribution in [3.63, 3.8) is 0 Å². The molecule has 120 valence electrons. The molecule has 3 heteroatoms. The first-order valence-corrected chi connectivity index (χ1v) is 8.35. The Hall–Kier alpha value is -1.06. The molecule has 0 bridgehead atoms. The molecule has 0 aliphatic carbocycles. The monoisotopic (exact) mass is 292 g/mol. The lowest BCUT2D eigenvalue weighted by Crippen LogP contribution is -2.35. The van der Waals surface area contributed by atoms with E-state index in [2.05, 4.69) is 37.8 Å². The van der Waals surface area contributed by atoms with Gasteiger partial charge in [0.2, 0.25) is 0 Å². The van der Waals surface area contributed by atoms with E-state index in [0.29, 0.717) is 6.61 Å². The molecule has 0 fully saturated rings. The molecule has 3 nitrogen and oxygen atoms in total. The van der Waals surface area contributed by atoms with E-state index in [1.165, 1.54) is 18.4 Å². The van der Waals surface area contributed by atoms with Crippen molar-refractivity contribution >= 4 is 0 Å². The third kappa shape index (κ3) is 6.06. The van der Waals surface area contributed by atoms with Gasteiger partial charge in [0, 0.05) is 19.1 Å². The number of rotatable bonds is 10. The Kier molecular flexibility index (Phi) is 8.40. The molecular weight excluding hydrogens is 260 g/mol. The van der Waals surface area contributed by atoms with Gasteiger partial charge in [0.15, 0.2) is 0 Å². The van der Waals surface area contributed by atoms with E-state index in [9.17, 15) is 0 Å². The molecule has 1 atom stereocenters. The van der Waals surface area contributed by atoms with Crippen LogP contribution in [0.1, 0.15) is 52.1 Å². The maximum absolute atomic E-state index is 6.37. The molecule has 0 heterocycles. The summed E-state index contributed by atoms with van der Waals surface area (Å²) in [5, 5.41) is 0. The van der Waals surface area contributed by atoms with Crippen LogP contribution >= 0.6 is 0 Å². The van der Waals surface area contributed by atoms with Crippen LogP contribution in [0.5, 0.6) is 5.75 Å². The molecule has 0 spiro atoms. The van der Waals surface area contributed by atoms with Gasteiger partial charge in [0.05, 0.1) is 6.61 Å². The van der Waals surface area contributed by atoms with Gasteiger partial charge in [0.1, 0.15) is 5.75 Å². The van der Waals surface area contributed by atoms with E-state index in [-0.39, 0.29) is 6.04 Å². The minimum Gasteiger partial charge on any atom is -0.494 e. The fourth-order valence-electron chi connectivity index (χ4n) is 2.61. The summed E-state index contributed by atoms with van der Waals surface area (Å²) in [5.74, 6) is 1.69. The average molecular weight is 292 g/mol. The zero-order valence-corrected chi connectivity index (χ0v) is 14.1. The van der Waals surface area contributed by atoms with E-state index in [1.807, 2.05) is 19.1 Å². The second-order valence-electron chi connectivity index (χ2n) is 5.64. The molecule has 2 N–H and O–H groups in total. The number of likely N-dealkylation sites (N-methyl/N-ethyl adjacent to an activating group) is 1. The van der Waals surface area contributed by atoms with E-state index in [4.69, 9.17) is 10.5 Å². The third-order valence-corrected chi connectivity index (χ3v) is 4.19. The van der Waals surface area contributed by atoms with E-state index in [1.54, 1.807) is 0 Å². The molecule has 0 aromatic heterocycles. The predicted molar refractivity (Wildman–Crippen MR) is 90.7 cm³/mol. The fourth-order valence-corrected chi connectivity index (χ4v) is 2.61. The molecule has 1 aromatic rings. The molecule has 1 rings (SSSR count). The normalized spacial score (nSPS) is 12.9. The minimum absolute atomic E-state index is 0.0648. The van der Waals surface area contributed by atoms with E-state index >= 15 is 0 Å². The molecule has 0 aliphatic rings. The van der Waals surface area contributed by atoms with Crippen molar-refractivity contribution in [2.24, 2.45) is 11.7 Å². The number of hydrogen-bond acceptors (Lipinski definition) is 3. The van der Waals surface area contributed by atoms with Gasteiger partial charge in [-0.05, 0) is 37.1 Å². The van der Waals surface area contributed by atoms with E-state index in [0.717, 1.165) is 31.3 Å². The molecular formula is C18H32N2O. The van der Waals surface area contributed by atoms with Crippen molar-refractivity contribution in [3.8, 4) is 5.75 Å². The summed E-state index contributed by atoms with van der Waals surface area (Å²) in [7, 11) is 0. The number of hydrogen-bond donors (Lipinski definition) is 1. The Morgan fingerprint density at radius 2 is 1.62 bits per heavy atom. The van der Waals surface area contributed by atoms with Gasteiger partial charge in [-0.3, -0.25) is 0 Å². The van der Waals surface area contributed by atoms with Crippen molar-refractivity contribution < 1.29 is 4.74 Å². The SMILES string of the molecule is CCOc1ccc(C(N)CN(CC)CC(CC)CC)cc1. The van der Waals surface area contributed by atoms with Crippen molar-refractivity contribution in [1.82, 2.24) is 4.90 Å². The quantitative estimate of drug-likeness (QED) is 0.712. The van der Waals surface area contributed by atoms with Crippen LogP contribution in [-0.4, -0.2) is 31.1 Å². The smallest absolute Gasteiger partial charge is 0.119 e. The van der Waals surface area contributed by atoms with Crippen LogP contribution in [0.2, 0.25) is 0 Å². The summed E-state index contributed by atoms with van der Waals surface area (Å²) in [6.07, 6.45) is 2.48. The Bertz CT molecular complexity index is 373. The predicted octanol–water partition coefficient (Wildman–Crippen LogP) is 3.84. The zero-order chi connectivity index (χ0) is 15.7. The van der Waals surface area contributed by atoms with Crippen molar-refractivity contribution in [3.05, 3.63) is 29.8 Å². The van der Waals surface area contributed by atoms with Crippen LogP contribution in [0.4, 0.5) is 0 Å². The Labute approximate surface area is 130 Å². The molecule has 0 aliphatic heterocycles. The molecule has 1 aromatic carbocycles. The maximum Gasteiger partial charge on any atom is 0.119 e. The van der Waals surface area contributed by atoms with Crippen LogP contribution in [0.25, 0.3) is 0 Å². The summed E-state index contributed by atoms with van der Waals surface area (Å²) < 4.78 is 5.47. The van der Waals surface area contributed by atoms with Gasteiger partial charge in [-0.25, -0.2) is 0 Å². The zero-order valence-electron chi connectivity index (χ0n) is 14.1. The maximum atomic E-state index is 6.37. The summed E-state index contributed by atoms with van der Waals surface area (Å²) in [6.45, 7) is 12.6. The second-order valence-corrected chi connectivity index (χ2v) is 5.64.